The van der Waals surface area contributed by atoms with Crippen LogP contribution in [0.5, 0.6) is 0 Å². The smallest absolute Gasteiger partial charge is 0.338 e. The number of anilines is 1. The SMILES string of the molecule is O=C(O[C@H]1CCCCC1=O)c1cccc(S(=O)(=O)N2CCCc3ccccc32)c1. The molecular weight excluding hydrogens is 390 g/mol. The molecule has 0 spiro atoms. The lowest BCUT2D eigenvalue weighted by atomic mass is 9.96. The Balaban J connectivity index is 1.60. The van der Waals surface area contributed by atoms with E-state index in [2.05, 4.69) is 0 Å². The van der Waals surface area contributed by atoms with Gasteiger partial charge in [0.1, 0.15) is 0 Å². The molecule has 1 atom stereocenters. The summed E-state index contributed by atoms with van der Waals surface area (Å²) in [6.07, 6.45) is 3.44. The number of ketones is 1. The zero-order valence-corrected chi connectivity index (χ0v) is 16.9. The van der Waals surface area contributed by atoms with Crippen molar-refractivity contribution in [2.75, 3.05) is 10.8 Å². The largest absolute Gasteiger partial charge is 0.451 e. The van der Waals surface area contributed by atoms with Gasteiger partial charge in [-0.15, -0.1) is 0 Å². The third-order valence-corrected chi connectivity index (χ3v) is 7.28. The number of hydrogen-bond acceptors (Lipinski definition) is 5. The minimum atomic E-state index is -3.82. The van der Waals surface area contributed by atoms with Gasteiger partial charge in [-0.3, -0.25) is 9.10 Å². The number of hydrogen-bond donors (Lipinski definition) is 0. The van der Waals surface area contributed by atoms with Crippen molar-refractivity contribution >= 4 is 27.5 Å². The molecule has 0 bridgehead atoms. The minimum Gasteiger partial charge on any atom is -0.451 e. The van der Waals surface area contributed by atoms with Crippen LogP contribution in [0.2, 0.25) is 0 Å². The van der Waals surface area contributed by atoms with Crippen LogP contribution < -0.4 is 4.31 Å². The van der Waals surface area contributed by atoms with Gasteiger partial charge in [-0.05, 0) is 61.9 Å². The van der Waals surface area contributed by atoms with E-state index in [9.17, 15) is 18.0 Å². The molecule has 2 aromatic carbocycles. The first-order chi connectivity index (χ1) is 14.0. The van der Waals surface area contributed by atoms with Crippen LogP contribution in [-0.4, -0.2) is 32.8 Å². The summed E-state index contributed by atoms with van der Waals surface area (Å²) in [6.45, 7) is 0.393. The number of rotatable bonds is 4. The van der Waals surface area contributed by atoms with Gasteiger partial charge in [-0.2, -0.15) is 0 Å². The van der Waals surface area contributed by atoms with Crippen molar-refractivity contribution in [3.63, 3.8) is 0 Å². The number of aryl methyl sites for hydroxylation is 1. The van der Waals surface area contributed by atoms with Gasteiger partial charge in [0.15, 0.2) is 11.9 Å². The first kappa shape index (κ1) is 19.6. The van der Waals surface area contributed by atoms with Crippen LogP contribution in [0.4, 0.5) is 5.69 Å². The van der Waals surface area contributed by atoms with Crippen LogP contribution in [0.1, 0.15) is 48.0 Å². The molecular formula is C22H23NO5S. The predicted octanol–water partition coefficient (Wildman–Crippen LogP) is 3.50. The zero-order valence-electron chi connectivity index (χ0n) is 16.0. The zero-order chi connectivity index (χ0) is 20.4. The second-order valence-corrected chi connectivity index (χ2v) is 9.31. The molecule has 4 rings (SSSR count). The number of esters is 1. The summed E-state index contributed by atoms with van der Waals surface area (Å²) < 4.78 is 33.3. The number of para-hydroxylation sites is 1. The standard InChI is InChI=1S/C22H23NO5S/c24-20-12-3-4-13-21(20)28-22(25)17-8-5-10-18(15-17)29(26,27)23-14-6-9-16-7-1-2-11-19(16)23/h1-2,5,7-8,10-11,15,21H,3-4,6,9,12-14H2/t21-/m0/s1. The Kier molecular flexibility index (Phi) is 5.41. The molecule has 1 aliphatic heterocycles. The third kappa shape index (κ3) is 3.92. The van der Waals surface area contributed by atoms with Gasteiger partial charge in [0.25, 0.3) is 10.0 Å². The van der Waals surface area contributed by atoms with Crippen LogP contribution in [0.15, 0.2) is 53.4 Å². The number of ether oxygens (including phenoxy) is 1. The number of nitrogens with zero attached hydrogens (tertiary/aromatic N) is 1. The lowest BCUT2D eigenvalue weighted by Crippen LogP contribution is -2.35. The minimum absolute atomic E-state index is 0.0404. The average molecular weight is 413 g/mol. The summed E-state index contributed by atoms with van der Waals surface area (Å²) in [7, 11) is -3.82. The van der Waals surface area contributed by atoms with Crippen LogP contribution >= 0.6 is 0 Å². The monoisotopic (exact) mass is 413 g/mol. The highest BCUT2D eigenvalue weighted by Gasteiger charge is 2.30. The molecule has 1 saturated carbocycles. The van der Waals surface area contributed by atoms with Crippen LogP contribution in [0.3, 0.4) is 0 Å². The topological polar surface area (TPSA) is 80.8 Å². The van der Waals surface area contributed by atoms with Crippen molar-refractivity contribution in [1.29, 1.82) is 0 Å². The first-order valence-corrected chi connectivity index (χ1v) is 11.4. The van der Waals surface area contributed by atoms with Crippen molar-refractivity contribution in [1.82, 2.24) is 0 Å². The molecule has 6 nitrogen and oxygen atoms in total. The Morgan fingerprint density at radius 3 is 2.66 bits per heavy atom. The van der Waals surface area contributed by atoms with Gasteiger partial charge < -0.3 is 4.74 Å². The molecule has 0 radical (unpaired) electrons. The molecule has 1 aliphatic carbocycles. The molecule has 1 heterocycles. The van der Waals surface area contributed by atoms with Crippen molar-refractivity contribution in [3.05, 3.63) is 59.7 Å². The quantitative estimate of drug-likeness (QED) is 0.717. The molecule has 7 heteroatoms. The lowest BCUT2D eigenvalue weighted by molar-refractivity contribution is -0.129. The Labute approximate surface area is 170 Å². The maximum atomic E-state index is 13.3. The second-order valence-electron chi connectivity index (χ2n) is 7.44. The van der Waals surface area contributed by atoms with E-state index in [-0.39, 0.29) is 16.2 Å². The molecule has 2 aliphatic rings. The van der Waals surface area contributed by atoms with Crippen LogP contribution in [0, 0.1) is 0 Å². The lowest BCUT2D eigenvalue weighted by Gasteiger charge is -2.30. The van der Waals surface area contributed by atoms with E-state index >= 15 is 0 Å². The highest BCUT2D eigenvalue weighted by Crippen LogP contribution is 2.32. The fourth-order valence-electron chi connectivity index (χ4n) is 3.93. The van der Waals surface area contributed by atoms with Gasteiger partial charge in [0, 0.05) is 13.0 Å². The van der Waals surface area contributed by atoms with Gasteiger partial charge in [-0.1, -0.05) is 24.3 Å². The molecule has 0 N–H and O–H groups in total. The van der Waals surface area contributed by atoms with E-state index in [1.54, 1.807) is 6.07 Å². The van der Waals surface area contributed by atoms with E-state index in [1.165, 1.54) is 28.6 Å². The van der Waals surface area contributed by atoms with E-state index in [4.69, 9.17) is 4.74 Å². The second kappa shape index (κ2) is 7.99. The van der Waals surface area contributed by atoms with Gasteiger partial charge in [-0.25, -0.2) is 13.2 Å². The Bertz CT molecular complexity index is 1050. The Hall–Kier alpha value is -2.67. The summed E-state index contributed by atoms with van der Waals surface area (Å²) in [4.78, 5) is 24.5. The molecule has 0 amide bonds. The number of carbonyl (C=O) groups excluding carboxylic acids is 2. The third-order valence-electron chi connectivity index (χ3n) is 5.47. The number of fused-ring (bicyclic) bond motifs is 1. The van der Waals surface area contributed by atoms with Gasteiger partial charge >= 0.3 is 5.97 Å². The van der Waals surface area contributed by atoms with Gasteiger partial charge in [0.05, 0.1) is 16.1 Å². The molecule has 0 unspecified atom stereocenters. The number of carbonyl (C=O) groups is 2. The molecule has 0 saturated heterocycles. The fourth-order valence-corrected chi connectivity index (χ4v) is 5.52. The highest BCUT2D eigenvalue weighted by molar-refractivity contribution is 7.92. The maximum Gasteiger partial charge on any atom is 0.338 e. The molecule has 1 fully saturated rings. The van der Waals surface area contributed by atoms with E-state index in [0.717, 1.165) is 31.2 Å². The number of benzene rings is 2. The van der Waals surface area contributed by atoms with E-state index in [1.807, 2.05) is 18.2 Å². The summed E-state index contributed by atoms with van der Waals surface area (Å²) in [5.41, 5.74) is 1.81. The number of Topliss-reactive ketones (excluding diaryl/α,β-unsaturated/α-hetero) is 1. The van der Waals surface area contributed by atoms with Crippen molar-refractivity contribution < 1.29 is 22.7 Å². The predicted molar refractivity (Wildman–Crippen MR) is 108 cm³/mol. The van der Waals surface area contributed by atoms with Gasteiger partial charge in [0.2, 0.25) is 0 Å². The van der Waals surface area contributed by atoms with Crippen molar-refractivity contribution in [3.8, 4) is 0 Å². The normalized spacial score (nSPS) is 19.5. The summed E-state index contributed by atoms with van der Waals surface area (Å²) in [5.74, 6) is -0.736. The van der Waals surface area contributed by atoms with Crippen LogP contribution in [-0.2, 0) is 26.0 Å². The molecule has 0 aromatic heterocycles. The van der Waals surface area contributed by atoms with E-state index < -0.39 is 22.1 Å². The Morgan fingerprint density at radius 1 is 1.00 bits per heavy atom. The average Bonchev–Trinajstić information content (AvgIpc) is 2.75. The Morgan fingerprint density at radius 2 is 1.83 bits per heavy atom. The molecule has 2 aromatic rings. The van der Waals surface area contributed by atoms with Crippen molar-refractivity contribution in [2.24, 2.45) is 0 Å². The summed E-state index contributed by atoms with van der Waals surface area (Å²) in [5, 5.41) is 0. The van der Waals surface area contributed by atoms with E-state index in [0.29, 0.717) is 25.1 Å². The summed E-state index contributed by atoms with van der Waals surface area (Å²) in [6, 6.07) is 13.3. The molecule has 29 heavy (non-hydrogen) atoms. The van der Waals surface area contributed by atoms with Crippen LogP contribution in [0.25, 0.3) is 0 Å². The fraction of sp³-hybridized carbons (Fsp3) is 0.364. The number of sulfonamides is 1. The summed E-state index contributed by atoms with van der Waals surface area (Å²) >= 11 is 0. The highest BCUT2D eigenvalue weighted by atomic mass is 32.2. The maximum absolute atomic E-state index is 13.3. The molecule has 152 valence electrons. The van der Waals surface area contributed by atoms with Crippen molar-refractivity contribution in [2.45, 2.75) is 49.5 Å². The first-order valence-electron chi connectivity index (χ1n) is 9.91.